The molecule has 0 spiro atoms. The number of ether oxygens (including phenoxy) is 3. The van der Waals surface area contributed by atoms with Gasteiger partial charge in [0.1, 0.15) is 17.2 Å². The van der Waals surface area contributed by atoms with Crippen LogP contribution in [0, 0.1) is 20.8 Å². The Balaban J connectivity index is 1.98. The van der Waals surface area contributed by atoms with Gasteiger partial charge in [-0.25, -0.2) is 0 Å². The Bertz CT molecular complexity index is 1680. The number of hydrogen-bond acceptors (Lipinski definition) is 6. The minimum atomic E-state index is -0.704. The molecule has 4 aromatic carbocycles. The van der Waals surface area contributed by atoms with E-state index in [1.54, 1.807) is 7.11 Å². The van der Waals surface area contributed by atoms with Crippen molar-refractivity contribution < 1.29 is 29.5 Å². The summed E-state index contributed by atoms with van der Waals surface area (Å²) in [5, 5.41) is 32.8. The lowest BCUT2D eigenvalue weighted by atomic mass is 9.68. The Hall–Kier alpha value is -3.84. The van der Waals surface area contributed by atoms with Crippen molar-refractivity contribution in [2.24, 2.45) is 0 Å². The van der Waals surface area contributed by atoms with Crippen LogP contribution < -0.4 is 0 Å². The molecular formula is C41H52O6. The number of rotatable bonds is 13. The van der Waals surface area contributed by atoms with E-state index in [-0.39, 0.29) is 29.6 Å². The molecule has 0 aliphatic heterocycles. The molecule has 6 heteroatoms. The van der Waals surface area contributed by atoms with Crippen LogP contribution in [-0.2, 0) is 38.3 Å². The first-order chi connectivity index (χ1) is 22.2. The van der Waals surface area contributed by atoms with Gasteiger partial charge in [-0.1, -0.05) is 56.3 Å². The number of aryl methyl sites for hydroxylation is 3. The first-order valence-electron chi connectivity index (χ1n) is 16.5. The normalized spacial score (nSPS) is 13.8. The van der Waals surface area contributed by atoms with Crippen LogP contribution in [0.1, 0.15) is 109 Å². The highest BCUT2D eigenvalue weighted by atomic mass is 16.5. The van der Waals surface area contributed by atoms with E-state index in [1.165, 1.54) is 0 Å². The summed E-state index contributed by atoms with van der Waals surface area (Å²) in [6, 6.07) is 21.0. The summed E-state index contributed by atoms with van der Waals surface area (Å²) in [5.74, 6) is 0.746. The predicted molar refractivity (Wildman–Crippen MR) is 189 cm³/mol. The topological polar surface area (TPSA) is 88.4 Å². The van der Waals surface area contributed by atoms with Crippen LogP contribution in [0.25, 0.3) is 0 Å². The Labute approximate surface area is 281 Å². The zero-order valence-electron chi connectivity index (χ0n) is 29.7. The Morgan fingerprint density at radius 2 is 1.04 bits per heavy atom. The van der Waals surface area contributed by atoms with E-state index in [0.717, 1.165) is 50.1 Å². The minimum absolute atomic E-state index is 0.175. The summed E-state index contributed by atoms with van der Waals surface area (Å²) >= 11 is 0. The average molecular weight is 641 g/mol. The third kappa shape index (κ3) is 7.06. The standard InChI is InChI=1S/C41H52O6/c1-11-46-23-29-20-34(19-27(5)38(29)43)41(9,35-21-30(24-47-12-2)39(44)36(22-35)28(6)45-10)32-15-13-31(14-16-32)40(7,8)33-17-25(3)37(42)26(4)18-33/h13-22,28,42-44H,11-12,23-24H2,1-10H3. The van der Waals surface area contributed by atoms with Crippen LogP contribution in [0.3, 0.4) is 0 Å². The number of phenolic OH excluding ortho intramolecular Hbond substituents is 3. The first-order valence-corrected chi connectivity index (χ1v) is 16.5. The van der Waals surface area contributed by atoms with Gasteiger partial charge >= 0.3 is 0 Å². The van der Waals surface area contributed by atoms with Crippen molar-refractivity contribution in [1.29, 1.82) is 0 Å². The third-order valence-electron chi connectivity index (χ3n) is 9.86. The zero-order valence-corrected chi connectivity index (χ0v) is 29.7. The maximum Gasteiger partial charge on any atom is 0.126 e. The van der Waals surface area contributed by atoms with Gasteiger partial charge in [-0.3, -0.25) is 0 Å². The maximum atomic E-state index is 11.3. The summed E-state index contributed by atoms with van der Waals surface area (Å²) in [6.45, 7) is 19.8. The van der Waals surface area contributed by atoms with Gasteiger partial charge in [0.2, 0.25) is 0 Å². The molecule has 3 N–H and O–H groups in total. The predicted octanol–water partition coefficient (Wildman–Crippen LogP) is 9.19. The van der Waals surface area contributed by atoms with E-state index in [1.807, 2.05) is 65.8 Å². The van der Waals surface area contributed by atoms with Crippen molar-refractivity contribution in [2.45, 2.75) is 92.5 Å². The summed E-state index contributed by atoms with van der Waals surface area (Å²) in [7, 11) is 1.64. The summed E-state index contributed by atoms with van der Waals surface area (Å²) in [5.41, 5.74) is 8.84. The number of benzene rings is 4. The van der Waals surface area contributed by atoms with Crippen LogP contribution in [0.5, 0.6) is 17.2 Å². The van der Waals surface area contributed by atoms with E-state index >= 15 is 0 Å². The van der Waals surface area contributed by atoms with Crippen LogP contribution in [-0.4, -0.2) is 35.6 Å². The highest BCUT2D eigenvalue weighted by Gasteiger charge is 2.35. The molecule has 0 amide bonds. The molecule has 4 aromatic rings. The van der Waals surface area contributed by atoms with Crippen molar-refractivity contribution in [3.05, 3.63) is 122 Å². The Morgan fingerprint density at radius 1 is 0.596 bits per heavy atom. The van der Waals surface area contributed by atoms with E-state index in [0.29, 0.717) is 36.7 Å². The number of aromatic hydroxyl groups is 3. The molecule has 6 nitrogen and oxygen atoms in total. The first kappa shape index (κ1) is 36.0. The van der Waals surface area contributed by atoms with Gasteiger partial charge in [0.05, 0.1) is 19.3 Å². The Morgan fingerprint density at radius 3 is 1.55 bits per heavy atom. The van der Waals surface area contributed by atoms with Crippen molar-refractivity contribution in [3.8, 4) is 17.2 Å². The molecule has 47 heavy (non-hydrogen) atoms. The van der Waals surface area contributed by atoms with Gasteiger partial charge in [0.25, 0.3) is 0 Å². The molecule has 0 radical (unpaired) electrons. The molecule has 252 valence electrons. The van der Waals surface area contributed by atoms with Gasteiger partial charge in [-0.15, -0.1) is 0 Å². The van der Waals surface area contributed by atoms with Crippen molar-refractivity contribution >= 4 is 0 Å². The van der Waals surface area contributed by atoms with Crippen LogP contribution in [0.2, 0.25) is 0 Å². The zero-order chi connectivity index (χ0) is 34.7. The average Bonchev–Trinajstić information content (AvgIpc) is 3.06. The van der Waals surface area contributed by atoms with Crippen LogP contribution >= 0.6 is 0 Å². The van der Waals surface area contributed by atoms with Gasteiger partial charge in [0, 0.05) is 47.8 Å². The molecule has 4 rings (SSSR count). The molecule has 0 aliphatic carbocycles. The maximum absolute atomic E-state index is 11.3. The molecule has 2 unspecified atom stereocenters. The van der Waals surface area contributed by atoms with Crippen LogP contribution in [0.15, 0.2) is 60.7 Å². The van der Waals surface area contributed by atoms with E-state index < -0.39 is 5.41 Å². The summed E-state index contributed by atoms with van der Waals surface area (Å²) in [6.07, 6.45) is -0.352. The third-order valence-corrected chi connectivity index (χ3v) is 9.86. The molecular weight excluding hydrogens is 588 g/mol. The fourth-order valence-corrected chi connectivity index (χ4v) is 6.43. The second-order valence-electron chi connectivity index (χ2n) is 13.3. The molecule has 0 aliphatic rings. The van der Waals surface area contributed by atoms with Gasteiger partial charge in [-0.05, 0) is 111 Å². The van der Waals surface area contributed by atoms with Crippen molar-refractivity contribution in [2.75, 3.05) is 20.3 Å². The van der Waals surface area contributed by atoms with Crippen molar-refractivity contribution in [3.63, 3.8) is 0 Å². The lowest BCUT2D eigenvalue weighted by molar-refractivity contribution is 0.114. The highest BCUT2D eigenvalue weighted by Crippen LogP contribution is 2.45. The molecule has 0 bridgehead atoms. The second-order valence-corrected chi connectivity index (χ2v) is 13.3. The lowest BCUT2D eigenvalue weighted by Gasteiger charge is -2.35. The smallest absolute Gasteiger partial charge is 0.126 e. The highest BCUT2D eigenvalue weighted by molar-refractivity contribution is 5.58. The quantitative estimate of drug-likeness (QED) is 0.126. The molecule has 0 aromatic heterocycles. The fourth-order valence-electron chi connectivity index (χ4n) is 6.43. The van der Waals surface area contributed by atoms with Crippen molar-refractivity contribution in [1.82, 2.24) is 0 Å². The molecule has 0 saturated heterocycles. The fraction of sp³-hybridized carbons (Fsp3) is 0.415. The second kappa shape index (κ2) is 14.5. The summed E-state index contributed by atoms with van der Waals surface area (Å²) < 4.78 is 17.3. The van der Waals surface area contributed by atoms with E-state index in [4.69, 9.17) is 14.2 Å². The molecule has 0 saturated carbocycles. The van der Waals surface area contributed by atoms with Crippen LogP contribution in [0.4, 0.5) is 0 Å². The number of hydrogen-bond donors (Lipinski definition) is 3. The van der Waals surface area contributed by atoms with Gasteiger partial charge in [0.15, 0.2) is 0 Å². The summed E-state index contributed by atoms with van der Waals surface area (Å²) in [4.78, 5) is 0. The number of methoxy groups -OCH3 is 1. The van der Waals surface area contributed by atoms with Gasteiger partial charge in [-0.2, -0.15) is 0 Å². The molecule has 0 heterocycles. The largest absolute Gasteiger partial charge is 0.507 e. The van der Waals surface area contributed by atoms with E-state index in [9.17, 15) is 15.3 Å². The SMILES string of the molecule is CCOCc1cc(C(C)(c2ccc(C(C)(C)c3cc(C)c(O)c(C)c3)cc2)c2cc(COCC)c(O)c(C(C)OC)c2)cc(C)c1O. The lowest BCUT2D eigenvalue weighted by Crippen LogP contribution is -2.27. The Kier molecular flexibility index (Phi) is 11.1. The molecule has 2 atom stereocenters. The molecule has 0 fully saturated rings. The minimum Gasteiger partial charge on any atom is -0.507 e. The van der Waals surface area contributed by atoms with Gasteiger partial charge < -0.3 is 29.5 Å². The number of phenols is 3. The monoisotopic (exact) mass is 640 g/mol. The van der Waals surface area contributed by atoms with E-state index in [2.05, 4.69) is 57.2 Å².